The summed E-state index contributed by atoms with van der Waals surface area (Å²) in [5.74, 6) is -0.691. The van der Waals surface area contributed by atoms with Crippen LogP contribution in [0.1, 0.15) is 193 Å². The third kappa shape index (κ3) is 11.8. The van der Waals surface area contributed by atoms with Crippen molar-refractivity contribution < 1.29 is 19.2 Å². The number of aromatic nitrogens is 4. The first-order valence-electron chi connectivity index (χ1n) is 30.8. The Morgan fingerprint density at radius 1 is 0.402 bits per heavy atom. The molecule has 5 heterocycles. The van der Waals surface area contributed by atoms with E-state index in [4.69, 9.17) is 9.97 Å². The van der Waals surface area contributed by atoms with E-state index in [9.17, 15) is 19.2 Å². The van der Waals surface area contributed by atoms with Crippen molar-refractivity contribution in [2.24, 2.45) is 45.3 Å². The minimum absolute atomic E-state index is 0.0392. The molecular formula is C70H86N8O4. The van der Waals surface area contributed by atoms with Crippen LogP contribution >= 0.6 is 0 Å². The third-order valence-electron chi connectivity index (χ3n) is 19.0. The van der Waals surface area contributed by atoms with E-state index in [0.717, 1.165) is 146 Å². The van der Waals surface area contributed by atoms with Crippen LogP contribution in [0.15, 0.2) is 60.7 Å². The Labute approximate surface area is 485 Å². The maximum Gasteiger partial charge on any atom is 0.228 e. The zero-order valence-electron chi connectivity index (χ0n) is 50.2. The molecule has 4 amide bonds. The first-order valence-corrected chi connectivity index (χ1v) is 30.8. The number of hydrogen-bond donors (Lipinski definition) is 6. The molecule has 4 fully saturated rings. The molecule has 0 saturated heterocycles. The van der Waals surface area contributed by atoms with Gasteiger partial charge in [0.25, 0.3) is 0 Å². The number of nitrogens with zero attached hydrogens (tertiary/aromatic N) is 2. The Bertz CT molecular complexity index is 3260. The highest BCUT2D eigenvalue weighted by molar-refractivity contribution is 6.11. The van der Waals surface area contributed by atoms with E-state index in [1.807, 2.05) is 36.4 Å². The molecule has 6 aliphatic rings. The molecule has 5 aromatic rings. The molecule has 4 atom stereocenters. The van der Waals surface area contributed by atoms with Crippen LogP contribution in [0.3, 0.4) is 0 Å². The summed E-state index contributed by atoms with van der Waals surface area (Å²) in [7, 11) is 0. The number of unbranched alkanes of at least 4 members (excludes halogenated alkanes) is 8. The molecule has 11 rings (SSSR count). The van der Waals surface area contributed by atoms with E-state index < -0.39 is 0 Å². The molecule has 430 valence electrons. The average Bonchev–Trinajstić information content (AvgIpc) is 4.35. The Hall–Kier alpha value is -7.08. The van der Waals surface area contributed by atoms with Crippen molar-refractivity contribution >= 4 is 92.7 Å². The van der Waals surface area contributed by atoms with Gasteiger partial charge in [0.05, 0.1) is 45.5 Å². The van der Waals surface area contributed by atoms with Crippen LogP contribution < -0.4 is 21.3 Å². The Balaban J connectivity index is 1.18. The standard InChI is InChI=1S/C70H86N8O4/c1-11-13-15-17-19-23-41-47-29-33-55(71-47)61(59-51(75-63(79)43-37-67(43,3)4)25-21-26-52(59)76-64(80)44-38-68(44,5)6)57-35-31-49(73-57)42(24-20-18-16-14-12-2)50-32-36-58(74-50)62(56-34-30-48(41)72-56)60-53(77-65(81)45-39-69(45,7)8)27-22-28-54(60)78-66(82)46-40-70(46,9)10/h21-22,25-36,43-46,71,74H,11-20,23-24,37-40H2,1-10H3,(H,75,79)(H,76,80)(H,77,81)(H,78,82)/t43-,44+,45-,46+. The predicted molar refractivity (Wildman–Crippen MR) is 337 cm³/mol. The molecular weight excluding hydrogens is 1020 g/mol. The number of hydrogen-bond acceptors (Lipinski definition) is 6. The summed E-state index contributed by atoms with van der Waals surface area (Å²) in [4.78, 5) is 76.1. The molecule has 8 bridgehead atoms. The molecule has 6 N–H and O–H groups in total. The van der Waals surface area contributed by atoms with Crippen molar-refractivity contribution in [3.63, 3.8) is 0 Å². The molecule has 0 radical (unpaired) electrons. The minimum atomic E-state index is -0.133. The van der Waals surface area contributed by atoms with Gasteiger partial charge in [-0.3, -0.25) is 19.2 Å². The Morgan fingerprint density at radius 3 is 0.976 bits per heavy atom. The van der Waals surface area contributed by atoms with Gasteiger partial charge in [-0.15, -0.1) is 0 Å². The molecule has 0 spiro atoms. The van der Waals surface area contributed by atoms with Crippen LogP contribution in [0, 0.1) is 45.3 Å². The molecule has 2 aliphatic heterocycles. The predicted octanol–water partition coefficient (Wildman–Crippen LogP) is 17.0. The second-order valence-corrected chi connectivity index (χ2v) is 27.4. The Morgan fingerprint density at radius 2 is 0.683 bits per heavy atom. The van der Waals surface area contributed by atoms with Gasteiger partial charge in [-0.2, -0.15) is 0 Å². The molecule has 82 heavy (non-hydrogen) atoms. The van der Waals surface area contributed by atoms with Gasteiger partial charge in [-0.05, 0) is 146 Å². The number of carbonyl (C=O) groups is 4. The second kappa shape index (κ2) is 22.2. The number of fused-ring (bicyclic) bond motifs is 8. The van der Waals surface area contributed by atoms with Crippen molar-refractivity contribution in [3.8, 4) is 22.3 Å². The van der Waals surface area contributed by atoms with E-state index in [1.165, 1.54) is 12.8 Å². The summed E-state index contributed by atoms with van der Waals surface area (Å²) < 4.78 is 0. The van der Waals surface area contributed by atoms with Gasteiger partial charge in [-0.25, -0.2) is 9.97 Å². The smallest absolute Gasteiger partial charge is 0.228 e. The molecule has 0 unspecified atom stereocenters. The lowest BCUT2D eigenvalue weighted by Crippen LogP contribution is -2.19. The van der Waals surface area contributed by atoms with Crippen LogP contribution in [0.25, 0.3) is 68.6 Å². The molecule has 3 aromatic heterocycles. The number of H-pyrrole nitrogens is 2. The number of aryl methyl sites for hydroxylation is 2. The highest BCUT2D eigenvalue weighted by Crippen LogP contribution is 2.56. The number of rotatable bonds is 22. The van der Waals surface area contributed by atoms with Crippen LogP contribution in [-0.4, -0.2) is 43.6 Å². The van der Waals surface area contributed by atoms with E-state index in [1.54, 1.807) is 0 Å². The van der Waals surface area contributed by atoms with Crippen molar-refractivity contribution in [3.05, 3.63) is 94.6 Å². The van der Waals surface area contributed by atoms with Gasteiger partial charge >= 0.3 is 0 Å². The van der Waals surface area contributed by atoms with Gasteiger partial charge in [0.1, 0.15) is 0 Å². The van der Waals surface area contributed by atoms with Gasteiger partial charge in [0.15, 0.2) is 0 Å². The summed E-state index contributed by atoms with van der Waals surface area (Å²) >= 11 is 0. The summed E-state index contributed by atoms with van der Waals surface area (Å²) in [5, 5.41) is 13.5. The monoisotopic (exact) mass is 1100 g/mol. The molecule has 12 heteroatoms. The zero-order chi connectivity index (χ0) is 57.9. The van der Waals surface area contributed by atoms with Crippen LogP contribution in [-0.2, 0) is 32.0 Å². The number of aromatic amines is 2. The van der Waals surface area contributed by atoms with E-state index in [2.05, 4.69) is 149 Å². The molecule has 4 saturated carbocycles. The number of amides is 4. The number of anilines is 4. The van der Waals surface area contributed by atoms with Crippen LogP contribution in [0.5, 0.6) is 0 Å². The first kappa shape index (κ1) is 56.8. The lowest BCUT2D eigenvalue weighted by molar-refractivity contribution is -0.118. The average molecular weight is 1100 g/mol. The largest absolute Gasteiger partial charge is 0.355 e. The third-order valence-corrected chi connectivity index (χ3v) is 19.0. The van der Waals surface area contributed by atoms with E-state index in [0.29, 0.717) is 45.3 Å². The maximum atomic E-state index is 14.3. The number of carbonyl (C=O) groups excluding carboxylic acids is 4. The fourth-order valence-electron chi connectivity index (χ4n) is 12.8. The molecule has 4 aliphatic carbocycles. The summed E-state index contributed by atoms with van der Waals surface area (Å²) in [6.07, 6.45) is 24.0. The quantitative estimate of drug-likeness (QED) is 0.0369. The Kier molecular flexibility index (Phi) is 15.4. The van der Waals surface area contributed by atoms with Gasteiger partial charge < -0.3 is 31.2 Å². The summed E-state index contributed by atoms with van der Waals surface area (Å²) in [6.45, 7) is 21.5. The van der Waals surface area contributed by atoms with E-state index >= 15 is 0 Å². The fourth-order valence-corrected chi connectivity index (χ4v) is 12.8. The first-order chi connectivity index (χ1) is 39.2. The highest BCUT2D eigenvalue weighted by Gasteiger charge is 2.53. The zero-order valence-corrected chi connectivity index (χ0v) is 50.2. The van der Waals surface area contributed by atoms with Crippen LogP contribution in [0.4, 0.5) is 22.7 Å². The normalized spacial score (nSPS) is 20.7. The molecule has 2 aromatic carbocycles. The van der Waals surface area contributed by atoms with Gasteiger partial charge in [-0.1, -0.05) is 133 Å². The van der Waals surface area contributed by atoms with Crippen molar-refractivity contribution in [1.29, 1.82) is 0 Å². The van der Waals surface area contributed by atoms with Crippen molar-refractivity contribution in [2.75, 3.05) is 21.3 Å². The topological polar surface area (TPSA) is 174 Å². The molecule has 12 nitrogen and oxygen atoms in total. The fraction of sp³-hybridized carbons (Fsp3) is 0.486. The SMILES string of the molecule is CCCCCCCc1c2nc(c(-c3c(NC(=O)[C@H]4CC4(C)C)cccc3NC(=O)[C@@H]3CC3(C)C)c3ccc([nH]3)c(CCCCCCC)c3nc(c(-c4c(NC(=O)[C@H]5CC5(C)C)cccc4NC(=O)[C@@H]4CC4(C)C)c4ccc1[nH]4)C=C3)C=C2. The number of benzene rings is 2. The minimum Gasteiger partial charge on any atom is -0.355 e. The van der Waals surface area contributed by atoms with Gasteiger partial charge in [0, 0.05) is 79.1 Å². The van der Waals surface area contributed by atoms with Gasteiger partial charge in [0.2, 0.25) is 23.6 Å². The van der Waals surface area contributed by atoms with Crippen molar-refractivity contribution in [1.82, 2.24) is 19.9 Å². The summed E-state index contributed by atoms with van der Waals surface area (Å²) in [6, 6.07) is 20.1. The number of nitrogens with one attached hydrogen (secondary N) is 6. The lowest BCUT2D eigenvalue weighted by atomic mass is 9.98. The van der Waals surface area contributed by atoms with Crippen molar-refractivity contribution in [2.45, 2.75) is 172 Å². The lowest BCUT2D eigenvalue weighted by Gasteiger charge is -2.18. The summed E-state index contributed by atoms with van der Waals surface area (Å²) in [5.41, 5.74) is 13.5. The second-order valence-electron chi connectivity index (χ2n) is 27.4. The highest BCUT2D eigenvalue weighted by atomic mass is 16.2. The van der Waals surface area contributed by atoms with Crippen LogP contribution in [0.2, 0.25) is 0 Å². The van der Waals surface area contributed by atoms with E-state index in [-0.39, 0.29) is 69.0 Å². The maximum absolute atomic E-state index is 14.3.